The third-order valence-corrected chi connectivity index (χ3v) is 5.52. The molecule has 164 valence electrons. The number of alkyl halides is 3. The van der Waals surface area contributed by atoms with E-state index >= 15 is 0 Å². The molecular weight excluding hydrogens is 434 g/mol. The zero-order valence-corrected chi connectivity index (χ0v) is 16.1. The molecule has 2 atom stereocenters. The van der Waals surface area contributed by atoms with Crippen molar-refractivity contribution in [1.82, 2.24) is 14.8 Å². The van der Waals surface area contributed by atoms with Gasteiger partial charge in [-0.25, -0.2) is 4.79 Å². The summed E-state index contributed by atoms with van der Waals surface area (Å²) in [4.78, 5) is 42.2. The number of benzene rings is 2. The van der Waals surface area contributed by atoms with E-state index in [9.17, 15) is 31.9 Å². The Morgan fingerprint density at radius 2 is 1.75 bits per heavy atom. The van der Waals surface area contributed by atoms with Crippen molar-refractivity contribution in [3.05, 3.63) is 65.1 Å². The number of hydrogen-bond donors (Lipinski definition) is 0. The lowest BCUT2D eigenvalue weighted by Crippen LogP contribution is -2.33. The van der Waals surface area contributed by atoms with Gasteiger partial charge < -0.3 is 4.84 Å². The predicted octanol–water partition coefficient (Wildman–Crippen LogP) is 3.60. The van der Waals surface area contributed by atoms with E-state index in [1.807, 2.05) is 0 Å². The number of carbonyl (C=O) groups is 3. The van der Waals surface area contributed by atoms with Crippen molar-refractivity contribution < 1.29 is 36.8 Å². The third-order valence-electron chi connectivity index (χ3n) is 5.52. The van der Waals surface area contributed by atoms with Gasteiger partial charge in [0, 0.05) is 0 Å². The Hall–Kier alpha value is -3.76. The maximum atomic E-state index is 13.9. The first-order valence-electron chi connectivity index (χ1n) is 9.56. The molecule has 2 heterocycles. The van der Waals surface area contributed by atoms with E-state index in [1.54, 1.807) is 12.1 Å². The van der Waals surface area contributed by atoms with E-state index in [1.165, 1.54) is 30.3 Å². The molecule has 2 unspecified atom stereocenters. The molecule has 1 fully saturated rings. The molecule has 1 aliphatic carbocycles. The second-order valence-electron chi connectivity index (χ2n) is 7.65. The second kappa shape index (κ2) is 6.87. The van der Waals surface area contributed by atoms with Crippen LogP contribution in [-0.2, 0) is 16.2 Å². The summed E-state index contributed by atoms with van der Waals surface area (Å²) >= 11 is 0. The summed E-state index contributed by atoms with van der Waals surface area (Å²) in [5.41, 5.74) is 0.716. The first kappa shape index (κ1) is 20.2. The summed E-state index contributed by atoms with van der Waals surface area (Å²) in [5, 5.41) is 3.66. The van der Waals surface area contributed by atoms with Gasteiger partial charge in [0.1, 0.15) is 6.54 Å². The number of imide groups is 1. The monoisotopic (exact) mass is 447 g/mol. The Labute approximate surface area is 177 Å². The summed E-state index contributed by atoms with van der Waals surface area (Å²) in [6, 6.07) is 10.2. The fraction of sp³-hybridized carbons (Fsp3) is 0.238. The van der Waals surface area contributed by atoms with E-state index in [4.69, 9.17) is 4.84 Å². The van der Waals surface area contributed by atoms with E-state index in [0.29, 0.717) is 21.7 Å². The SMILES string of the molecule is O=C(ON1C(=O)c2ccccc2C1=O)C1CC1c1ccc2c(F)nn(CC(F)(F)F)c2c1. The van der Waals surface area contributed by atoms with Crippen LogP contribution in [0.3, 0.4) is 0 Å². The van der Waals surface area contributed by atoms with Crippen molar-refractivity contribution in [2.75, 3.05) is 0 Å². The highest BCUT2D eigenvalue weighted by molar-refractivity contribution is 6.20. The number of aromatic nitrogens is 2. The Morgan fingerprint density at radius 3 is 2.38 bits per heavy atom. The average molecular weight is 447 g/mol. The smallest absolute Gasteiger partial charge is 0.329 e. The van der Waals surface area contributed by atoms with Crippen molar-refractivity contribution >= 4 is 28.7 Å². The summed E-state index contributed by atoms with van der Waals surface area (Å²) < 4.78 is 52.7. The number of hydrogen-bond acceptors (Lipinski definition) is 5. The first-order valence-corrected chi connectivity index (χ1v) is 9.56. The maximum Gasteiger partial charge on any atom is 0.408 e. The number of carbonyl (C=O) groups excluding carboxylic acids is 3. The van der Waals surface area contributed by atoms with Crippen LogP contribution >= 0.6 is 0 Å². The first-order chi connectivity index (χ1) is 15.1. The zero-order valence-electron chi connectivity index (χ0n) is 16.1. The van der Waals surface area contributed by atoms with Crippen LogP contribution in [0.5, 0.6) is 0 Å². The van der Waals surface area contributed by atoms with Crippen molar-refractivity contribution in [1.29, 1.82) is 0 Å². The topological polar surface area (TPSA) is 81.5 Å². The lowest BCUT2D eigenvalue weighted by Gasteiger charge is -2.12. The highest BCUT2D eigenvalue weighted by Gasteiger charge is 2.48. The van der Waals surface area contributed by atoms with Gasteiger partial charge in [-0.05, 0) is 42.2 Å². The molecule has 32 heavy (non-hydrogen) atoms. The second-order valence-corrected chi connectivity index (χ2v) is 7.65. The normalized spacial score (nSPS) is 20.1. The lowest BCUT2D eigenvalue weighted by molar-refractivity contribution is -0.170. The van der Waals surface area contributed by atoms with Gasteiger partial charge >= 0.3 is 12.1 Å². The largest absolute Gasteiger partial charge is 0.408 e. The minimum atomic E-state index is -4.58. The molecular formula is C21H13F4N3O4. The molecule has 7 nitrogen and oxygen atoms in total. The Morgan fingerprint density at radius 1 is 1.09 bits per heavy atom. The quantitative estimate of drug-likeness (QED) is 0.451. The minimum absolute atomic E-state index is 0.0447. The van der Waals surface area contributed by atoms with Gasteiger partial charge in [0.15, 0.2) is 0 Å². The standard InChI is InChI=1S/C21H13F4N3O4/c22-17-13-6-5-10(7-16(13)27(26-17)9-21(23,24)25)14-8-15(14)20(31)32-28-18(29)11-3-1-2-4-12(11)19(28)30/h1-7,14-15H,8-9H2. The molecule has 5 rings (SSSR count). The lowest BCUT2D eigenvalue weighted by atomic mass is 10.1. The Bertz CT molecular complexity index is 1260. The molecule has 0 bridgehead atoms. The van der Waals surface area contributed by atoms with Gasteiger partial charge in [-0.2, -0.15) is 17.6 Å². The number of nitrogens with zero attached hydrogens (tertiary/aromatic N) is 3. The van der Waals surface area contributed by atoms with Gasteiger partial charge in [-0.1, -0.05) is 23.3 Å². The predicted molar refractivity (Wildman–Crippen MR) is 99.6 cm³/mol. The van der Waals surface area contributed by atoms with Crippen LogP contribution in [0.15, 0.2) is 42.5 Å². The van der Waals surface area contributed by atoms with Gasteiger partial charge in [-0.15, -0.1) is 5.10 Å². The molecule has 1 aliphatic heterocycles. The summed E-state index contributed by atoms with van der Waals surface area (Å²) in [5.74, 6) is -4.42. The molecule has 0 spiro atoms. The van der Waals surface area contributed by atoms with Crippen molar-refractivity contribution in [3.8, 4) is 0 Å². The molecule has 1 saturated carbocycles. The molecule has 0 radical (unpaired) electrons. The van der Waals surface area contributed by atoms with E-state index in [0.717, 1.165) is 0 Å². The molecule has 11 heteroatoms. The molecule has 2 aliphatic rings. The molecule has 2 aromatic carbocycles. The number of fused-ring (bicyclic) bond motifs is 2. The van der Waals surface area contributed by atoms with Crippen LogP contribution in [0.1, 0.15) is 38.6 Å². The van der Waals surface area contributed by atoms with Crippen molar-refractivity contribution in [2.24, 2.45) is 5.92 Å². The average Bonchev–Trinajstić information content (AvgIpc) is 3.45. The number of rotatable bonds is 4. The third kappa shape index (κ3) is 3.29. The molecule has 2 amide bonds. The number of hydroxylamine groups is 2. The molecule has 0 N–H and O–H groups in total. The number of halogens is 4. The maximum absolute atomic E-state index is 13.9. The fourth-order valence-corrected chi connectivity index (χ4v) is 3.90. The van der Waals surface area contributed by atoms with Gasteiger partial charge in [0.2, 0.25) is 5.95 Å². The zero-order chi connectivity index (χ0) is 22.8. The van der Waals surface area contributed by atoms with Crippen LogP contribution in [0.4, 0.5) is 17.6 Å². The van der Waals surface area contributed by atoms with E-state index in [2.05, 4.69) is 5.10 Å². The van der Waals surface area contributed by atoms with Crippen LogP contribution in [0, 0.1) is 11.9 Å². The summed E-state index contributed by atoms with van der Waals surface area (Å²) in [7, 11) is 0. The Balaban J connectivity index is 1.33. The summed E-state index contributed by atoms with van der Waals surface area (Å²) in [6.45, 7) is -1.45. The van der Waals surface area contributed by atoms with Gasteiger partial charge in [0.05, 0.1) is 27.9 Å². The molecule has 3 aromatic rings. The highest BCUT2D eigenvalue weighted by atomic mass is 19.4. The highest BCUT2D eigenvalue weighted by Crippen LogP contribution is 2.49. The van der Waals surface area contributed by atoms with Gasteiger partial charge in [-0.3, -0.25) is 14.3 Å². The Kier molecular flexibility index (Phi) is 4.33. The van der Waals surface area contributed by atoms with E-state index in [-0.39, 0.29) is 22.0 Å². The number of amides is 2. The molecule has 0 saturated heterocycles. The van der Waals surface area contributed by atoms with Crippen molar-refractivity contribution in [2.45, 2.75) is 25.1 Å². The van der Waals surface area contributed by atoms with Crippen molar-refractivity contribution in [3.63, 3.8) is 0 Å². The minimum Gasteiger partial charge on any atom is -0.329 e. The van der Waals surface area contributed by atoms with Crippen LogP contribution < -0.4 is 0 Å². The van der Waals surface area contributed by atoms with Crippen LogP contribution in [0.2, 0.25) is 0 Å². The fourth-order valence-electron chi connectivity index (χ4n) is 3.90. The van der Waals surface area contributed by atoms with Crippen LogP contribution in [0.25, 0.3) is 10.9 Å². The van der Waals surface area contributed by atoms with Crippen LogP contribution in [-0.4, -0.2) is 38.8 Å². The van der Waals surface area contributed by atoms with Gasteiger partial charge in [0.25, 0.3) is 11.8 Å². The summed E-state index contributed by atoms with van der Waals surface area (Å²) in [6.07, 6.45) is -4.27. The van der Waals surface area contributed by atoms with E-state index < -0.39 is 48.3 Å². The molecule has 1 aromatic heterocycles.